The molecule has 1 heterocycles. The summed E-state index contributed by atoms with van der Waals surface area (Å²) >= 11 is 0. The van der Waals surface area contributed by atoms with Gasteiger partial charge in [0.05, 0.1) is 5.69 Å². The summed E-state index contributed by atoms with van der Waals surface area (Å²) in [6, 6.07) is 17.1. The number of rotatable bonds is 4. The van der Waals surface area contributed by atoms with Gasteiger partial charge in [-0.2, -0.15) is 4.68 Å². The zero-order valence-electron chi connectivity index (χ0n) is 16.7. The number of aryl methyl sites for hydroxylation is 1. The number of carbonyl (C=O) groups excluding carboxylic acids is 1. The number of para-hydroxylation sites is 1. The molecule has 0 aliphatic heterocycles. The third-order valence-corrected chi connectivity index (χ3v) is 5.60. The number of carbonyl (C=O) groups is 1. The van der Waals surface area contributed by atoms with Gasteiger partial charge in [-0.3, -0.25) is 0 Å². The molecule has 0 spiro atoms. The summed E-state index contributed by atoms with van der Waals surface area (Å²) in [6.07, 6.45) is 2.97. The van der Waals surface area contributed by atoms with E-state index in [0.29, 0.717) is 17.5 Å². The van der Waals surface area contributed by atoms with Crippen molar-refractivity contribution in [2.45, 2.75) is 45.1 Å². The minimum absolute atomic E-state index is 0.496. The fraction of sp³-hybridized carbons (Fsp3) is 0.364. The monoisotopic (exact) mass is 391 g/mol. The summed E-state index contributed by atoms with van der Waals surface area (Å²) < 4.78 is 7.22. The molecule has 0 bridgehead atoms. The fourth-order valence-electron chi connectivity index (χ4n) is 3.82. The van der Waals surface area contributed by atoms with Crippen LogP contribution in [0.2, 0.25) is 0 Å². The molecule has 0 atom stereocenters. The first kappa shape index (κ1) is 19.1. The topological polar surface area (TPSA) is 81.9 Å². The summed E-state index contributed by atoms with van der Waals surface area (Å²) in [7, 11) is 0. The van der Waals surface area contributed by atoms with Crippen molar-refractivity contribution in [3.8, 4) is 11.4 Å². The number of aromatic nitrogens is 4. The molecular weight excluding hydrogens is 366 g/mol. The van der Waals surface area contributed by atoms with Gasteiger partial charge >= 0.3 is 6.09 Å². The maximum Gasteiger partial charge on any atom is 0.413 e. The van der Waals surface area contributed by atoms with Crippen LogP contribution in [0.1, 0.15) is 44.0 Å². The highest BCUT2D eigenvalue weighted by atomic mass is 16.6. The van der Waals surface area contributed by atoms with Crippen LogP contribution in [-0.2, 0) is 5.54 Å². The van der Waals surface area contributed by atoms with Crippen LogP contribution in [0, 0.1) is 12.8 Å². The van der Waals surface area contributed by atoms with Crippen molar-refractivity contribution in [3.05, 3.63) is 66.0 Å². The lowest BCUT2D eigenvalue weighted by atomic mass is 9.76. The molecule has 7 heteroatoms. The second-order valence-electron chi connectivity index (χ2n) is 7.84. The van der Waals surface area contributed by atoms with Crippen LogP contribution in [0.5, 0.6) is 5.75 Å². The molecule has 1 aromatic heterocycles. The van der Waals surface area contributed by atoms with E-state index in [-0.39, 0.29) is 0 Å². The highest BCUT2D eigenvalue weighted by molar-refractivity contribution is 5.71. The van der Waals surface area contributed by atoms with Crippen LogP contribution in [0.3, 0.4) is 0 Å². The minimum atomic E-state index is -0.674. The molecule has 1 aliphatic rings. The van der Waals surface area contributed by atoms with Gasteiger partial charge in [0, 0.05) is 0 Å². The van der Waals surface area contributed by atoms with Crippen molar-refractivity contribution >= 4 is 6.09 Å². The Morgan fingerprint density at radius 3 is 2.48 bits per heavy atom. The Balaban J connectivity index is 1.65. The van der Waals surface area contributed by atoms with Crippen molar-refractivity contribution in [2.24, 2.45) is 5.92 Å². The first-order valence-corrected chi connectivity index (χ1v) is 9.97. The summed E-state index contributed by atoms with van der Waals surface area (Å²) in [4.78, 5) is 12.7. The van der Waals surface area contributed by atoms with Gasteiger partial charge in [0.1, 0.15) is 11.3 Å². The third-order valence-electron chi connectivity index (χ3n) is 5.60. The van der Waals surface area contributed by atoms with E-state index in [0.717, 1.165) is 36.9 Å². The van der Waals surface area contributed by atoms with Gasteiger partial charge in [0.25, 0.3) is 0 Å². The molecule has 29 heavy (non-hydrogen) atoms. The molecule has 1 amide bonds. The van der Waals surface area contributed by atoms with Crippen LogP contribution in [0.25, 0.3) is 5.69 Å². The maximum atomic E-state index is 12.7. The molecule has 2 aromatic carbocycles. The van der Waals surface area contributed by atoms with Crippen molar-refractivity contribution in [3.63, 3.8) is 0 Å². The highest BCUT2D eigenvalue weighted by Gasteiger charge is 2.42. The van der Waals surface area contributed by atoms with Crippen molar-refractivity contribution in [1.82, 2.24) is 25.5 Å². The van der Waals surface area contributed by atoms with E-state index in [9.17, 15) is 4.79 Å². The zero-order chi connectivity index (χ0) is 20.3. The predicted molar refractivity (Wildman–Crippen MR) is 109 cm³/mol. The van der Waals surface area contributed by atoms with Crippen LogP contribution >= 0.6 is 0 Å². The summed E-state index contributed by atoms with van der Waals surface area (Å²) in [5, 5.41) is 15.6. The number of tetrazole rings is 1. The molecular formula is C22H25N5O2. The molecule has 1 saturated carbocycles. The lowest BCUT2D eigenvalue weighted by Gasteiger charge is -2.38. The Morgan fingerprint density at radius 1 is 1.10 bits per heavy atom. The minimum Gasteiger partial charge on any atom is -0.410 e. The average Bonchev–Trinajstić information content (AvgIpc) is 3.22. The zero-order valence-corrected chi connectivity index (χ0v) is 16.7. The molecule has 3 aromatic rings. The second kappa shape index (κ2) is 8.03. The molecule has 7 nitrogen and oxygen atoms in total. The largest absolute Gasteiger partial charge is 0.413 e. The Kier molecular flexibility index (Phi) is 5.29. The van der Waals surface area contributed by atoms with E-state index >= 15 is 0 Å². The molecule has 0 radical (unpaired) electrons. The number of amides is 1. The fourth-order valence-corrected chi connectivity index (χ4v) is 3.82. The van der Waals surface area contributed by atoms with E-state index < -0.39 is 11.6 Å². The molecule has 0 unspecified atom stereocenters. The van der Waals surface area contributed by atoms with Crippen LogP contribution < -0.4 is 10.1 Å². The summed E-state index contributed by atoms with van der Waals surface area (Å²) in [6.45, 7) is 4.27. The molecule has 0 saturated heterocycles. The highest BCUT2D eigenvalue weighted by Crippen LogP contribution is 2.39. The van der Waals surface area contributed by atoms with Crippen molar-refractivity contribution in [1.29, 1.82) is 0 Å². The number of hydrogen-bond acceptors (Lipinski definition) is 5. The Bertz CT molecular complexity index is 960. The number of ether oxygens (including phenoxy) is 1. The van der Waals surface area contributed by atoms with E-state index in [1.54, 1.807) is 16.8 Å². The Morgan fingerprint density at radius 2 is 1.79 bits per heavy atom. The van der Waals surface area contributed by atoms with Gasteiger partial charge in [0.15, 0.2) is 5.82 Å². The quantitative estimate of drug-likeness (QED) is 0.722. The van der Waals surface area contributed by atoms with Crippen molar-refractivity contribution in [2.75, 3.05) is 0 Å². The second-order valence-corrected chi connectivity index (χ2v) is 7.84. The number of hydrogen-bond donors (Lipinski definition) is 1. The lowest BCUT2D eigenvalue weighted by molar-refractivity contribution is 0.150. The number of benzene rings is 2. The maximum absolute atomic E-state index is 12.7. The first-order valence-electron chi connectivity index (χ1n) is 9.97. The van der Waals surface area contributed by atoms with Gasteiger partial charge in [0.2, 0.25) is 0 Å². The van der Waals surface area contributed by atoms with E-state index in [1.807, 2.05) is 49.4 Å². The Labute approximate surface area is 170 Å². The van der Waals surface area contributed by atoms with Gasteiger partial charge < -0.3 is 10.1 Å². The smallest absolute Gasteiger partial charge is 0.410 e. The van der Waals surface area contributed by atoms with Gasteiger partial charge in [-0.15, -0.1) is 5.10 Å². The van der Waals surface area contributed by atoms with Gasteiger partial charge in [-0.1, -0.05) is 42.8 Å². The van der Waals surface area contributed by atoms with Crippen LogP contribution in [0.15, 0.2) is 54.6 Å². The molecule has 1 fully saturated rings. The lowest BCUT2D eigenvalue weighted by Crippen LogP contribution is -2.50. The molecule has 1 N–H and O–H groups in total. The SMILES string of the molecule is Cc1ccc(-n2nnnc2C2(NC(=O)Oc3ccccc3)CCC(C)CC2)cc1. The average molecular weight is 391 g/mol. The van der Waals surface area contributed by atoms with E-state index in [4.69, 9.17) is 4.74 Å². The van der Waals surface area contributed by atoms with E-state index in [1.165, 1.54) is 0 Å². The van der Waals surface area contributed by atoms with Crippen LogP contribution in [-0.4, -0.2) is 26.3 Å². The van der Waals surface area contributed by atoms with E-state index in [2.05, 4.69) is 27.8 Å². The van der Waals surface area contributed by atoms with Crippen LogP contribution in [0.4, 0.5) is 4.79 Å². The predicted octanol–water partition coefficient (Wildman–Crippen LogP) is 4.16. The normalized spacial score (nSPS) is 21.5. The number of nitrogens with zero attached hydrogens (tertiary/aromatic N) is 4. The summed E-state index contributed by atoms with van der Waals surface area (Å²) in [5.74, 6) is 1.74. The molecule has 4 rings (SSSR count). The third kappa shape index (κ3) is 4.13. The van der Waals surface area contributed by atoms with Gasteiger partial charge in [-0.05, 0) is 73.2 Å². The Hall–Kier alpha value is -3.22. The number of nitrogens with one attached hydrogen (secondary N) is 1. The first-order chi connectivity index (χ1) is 14.1. The van der Waals surface area contributed by atoms with Crippen molar-refractivity contribution < 1.29 is 9.53 Å². The van der Waals surface area contributed by atoms with Gasteiger partial charge in [-0.25, -0.2) is 4.79 Å². The molecule has 150 valence electrons. The molecule has 1 aliphatic carbocycles. The summed E-state index contributed by atoms with van der Waals surface area (Å²) in [5.41, 5.74) is 1.35. The standard InChI is InChI=1S/C22H25N5O2/c1-16-8-10-18(11-9-16)27-20(24-25-26-27)22(14-12-17(2)13-15-22)23-21(28)29-19-6-4-3-5-7-19/h3-11,17H,12-15H2,1-2H3,(H,23,28).